The molecule has 0 aliphatic heterocycles. The van der Waals surface area contributed by atoms with Crippen LogP contribution in [-0.2, 0) is 14.3 Å². The molecule has 5 saturated carbocycles. The average molecular weight is 831 g/mol. The molecular formula is C53H86N2O5. The second-order valence-corrected chi connectivity index (χ2v) is 23.7. The summed E-state index contributed by atoms with van der Waals surface area (Å²) in [5.41, 5.74) is 7.55. The Balaban J connectivity index is 1.36. The Morgan fingerprint density at radius 2 is 1.57 bits per heavy atom. The number of ether oxygens (including phenoxy) is 1. The van der Waals surface area contributed by atoms with E-state index in [0.29, 0.717) is 55.1 Å². The molecule has 6 aliphatic rings. The van der Waals surface area contributed by atoms with Crippen LogP contribution in [0.2, 0.25) is 0 Å². The zero-order valence-electron chi connectivity index (χ0n) is 40.5. The molecule has 60 heavy (non-hydrogen) atoms. The quantitative estimate of drug-likeness (QED) is 0.109. The molecular weight excluding hydrogens is 745 g/mol. The lowest BCUT2D eigenvalue weighted by molar-refractivity contribution is -0.233. The Hall–Kier alpha value is -2.09. The summed E-state index contributed by atoms with van der Waals surface area (Å²) in [6.45, 7) is 31.3. The molecule has 6 aliphatic carbocycles. The van der Waals surface area contributed by atoms with Gasteiger partial charge in [0.2, 0.25) is 0 Å². The molecule has 7 heteroatoms. The van der Waals surface area contributed by atoms with E-state index in [-0.39, 0.29) is 45.6 Å². The molecule has 338 valence electrons. The predicted molar refractivity (Wildman–Crippen MR) is 246 cm³/mol. The zero-order chi connectivity index (χ0) is 44.4. The van der Waals surface area contributed by atoms with Gasteiger partial charge in [0.1, 0.15) is 11.9 Å². The Bertz CT molecular complexity index is 1750. The third-order valence-electron chi connectivity index (χ3n) is 18.9. The van der Waals surface area contributed by atoms with Crippen LogP contribution in [-0.4, -0.2) is 71.7 Å². The number of hydrogen-bond acceptors (Lipinski definition) is 7. The Kier molecular flexibility index (Phi) is 13.5. The molecule has 0 aromatic carbocycles. The molecule has 10 atom stereocenters. The number of hydrogen-bond donors (Lipinski definition) is 2. The molecule has 0 aromatic heterocycles. The number of carbonyl (C=O) groups is 2. The Morgan fingerprint density at radius 1 is 0.900 bits per heavy atom. The number of aliphatic imine (C=N–C) groups is 1. The fourth-order valence-corrected chi connectivity index (χ4v) is 15.0. The van der Waals surface area contributed by atoms with Crippen molar-refractivity contribution in [3.8, 4) is 0 Å². The van der Waals surface area contributed by atoms with Crippen molar-refractivity contribution < 1.29 is 24.5 Å². The third kappa shape index (κ3) is 8.14. The smallest absolute Gasteiger partial charge is 0.306 e. The maximum absolute atomic E-state index is 13.4. The fraction of sp³-hybridized carbons (Fsp3) is 0.830. The van der Waals surface area contributed by atoms with Gasteiger partial charge in [-0.3, -0.25) is 14.6 Å². The van der Waals surface area contributed by atoms with Gasteiger partial charge in [-0.25, -0.2) is 0 Å². The molecule has 5 fully saturated rings. The van der Waals surface area contributed by atoms with Crippen LogP contribution in [0, 0.1) is 56.2 Å². The molecule has 0 heterocycles. The third-order valence-corrected chi connectivity index (χ3v) is 18.9. The topological polar surface area (TPSA) is 99.4 Å². The van der Waals surface area contributed by atoms with E-state index in [1.807, 2.05) is 13.8 Å². The van der Waals surface area contributed by atoms with Crippen molar-refractivity contribution in [3.05, 3.63) is 34.4 Å². The molecule has 0 aromatic rings. The SMILES string of the molecule is C=C1CC2(C(CCCCN(C)C)=C(C)C(O)N=C3CCC(=O)CC3)CCC3(C)C(CCC4C5(C)CCC(OC(=O)CC(C)(C)C(C)O)C(C)(C)C5CCC43C)C2=C1C(C)C. The zero-order valence-corrected chi connectivity index (χ0v) is 40.5. The number of rotatable bonds is 13. The van der Waals surface area contributed by atoms with Crippen LogP contribution in [0.5, 0.6) is 0 Å². The van der Waals surface area contributed by atoms with Gasteiger partial charge < -0.3 is 19.8 Å². The number of esters is 1. The minimum Gasteiger partial charge on any atom is -0.462 e. The van der Waals surface area contributed by atoms with Crippen molar-refractivity contribution in [2.45, 2.75) is 204 Å². The van der Waals surface area contributed by atoms with E-state index in [4.69, 9.17) is 16.3 Å². The van der Waals surface area contributed by atoms with Gasteiger partial charge in [0.05, 0.1) is 12.5 Å². The first-order valence-electron chi connectivity index (χ1n) is 24.3. The highest BCUT2D eigenvalue weighted by Gasteiger charge is 2.70. The average Bonchev–Trinajstić information content (AvgIpc) is 3.46. The number of allylic oxidation sites excluding steroid dienone is 4. The van der Waals surface area contributed by atoms with E-state index in [1.165, 1.54) is 36.0 Å². The number of ketones is 1. The van der Waals surface area contributed by atoms with Crippen molar-refractivity contribution >= 4 is 17.5 Å². The number of nitrogens with zero attached hydrogens (tertiary/aromatic N) is 2. The lowest BCUT2D eigenvalue weighted by Gasteiger charge is -2.72. The molecule has 6 rings (SSSR count). The molecule has 10 unspecified atom stereocenters. The van der Waals surface area contributed by atoms with Gasteiger partial charge in [-0.2, -0.15) is 0 Å². The van der Waals surface area contributed by atoms with Crippen LogP contribution in [0.25, 0.3) is 0 Å². The summed E-state index contributed by atoms with van der Waals surface area (Å²) in [6, 6.07) is 0. The number of aliphatic hydroxyl groups excluding tert-OH is 2. The molecule has 0 amide bonds. The summed E-state index contributed by atoms with van der Waals surface area (Å²) in [6.07, 6.45) is 14.1. The summed E-state index contributed by atoms with van der Waals surface area (Å²) >= 11 is 0. The largest absolute Gasteiger partial charge is 0.462 e. The van der Waals surface area contributed by atoms with Crippen molar-refractivity contribution in [2.75, 3.05) is 20.6 Å². The number of unbranched alkanes of at least 4 members (excludes halogenated alkanes) is 1. The van der Waals surface area contributed by atoms with Crippen molar-refractivity contribution in [2.24, 2.45) is 61.2 Å². The minimum absolute atomic E-state index is 0.116. The van der Waals surface area contributed by atoms with Gasteiger partial charge >= 0.3 is 5.97 Å². The monoisotopic (exact) mass is 831 g/mol. The summed E-state index contributed by atoms with van der Waals surface area (Å²) < 4.78 is 6.40. The van der Waals surface area contributed by atoms with E-state index in [1.54, 1.807) is 12.5 Å². The summed E-state index contributed by atoms with van der Waals surface area (Å²) in [5.74, 6) is 1.99. The number of carbonyl (C=O) groups excluding carboxylic acids is 2. The van der Waals surface area contributed by atoms with E-state index in [0.717, 1.165) is 75.6 Å². The van der Waals surface area contributed by atoms with Gasteiger partial charge in [-0.1, -0.05) is 85.6 Å². The van der Waals surface area contributed by atoms with E-state index in [9.17, 15) is 19.8 Å². The first kappa shape index (κ1) is 47.4. The first-order chi connectivity index (χ1) is 27.9. The summed E-state index contributed by atoms with van der Waals surface area (Å²) in [5, 5.41) is 22.4. The summed E-state index contributed by atoms with van der Waals surface area (Å²) in [4.78, 5) is 32.7. The maximum Gasteiger partial charge on any atom is 0.306 e. The van der Waals surface area contributed by atoms with Crippen LogP contribution < -0.4 is 0 Å². The van der Waals surface area contributed by atoms with Gasteiger partial charge in [0, 0.05) is 34.8 Å². The van der Waals surface area contributed by atoms with Crippen molar-refractivity contribution in [1.29, 1.82) is 0 Å². The number of Topliss-reactive ketones (excluding diaryl/α,β-unsaturated/α-hetero) is 1. The van der Waals surface area contributed by atoms with Crippen LogP contribution in [0.3, 0.4) is 0 Å². The van der Waals surface area contributed by atoms with Crippen LogP contribution in [0.4, 0.5) is 0 Å². The molecule has 2 N–H and O–H groups in total. The van der Waals surface area contributed by atoms with E-state index in [2.05, 4.69) is 74.4 Å². The van der Waals surface area contributed by atoms with Gasteiger partial charge in [-0.05, 0) is 175 Å². The van der Waals surface area contributed by atoms with E-state index < -0.39 is 17.7 Å². The van der Waals surface area contributed by atoms with Crippen LogP contribution in [0.1, 0.15) is 185 Å². The summed E-state index contributed by atoms with van der Waals surface area (Å²) in [7, 11) is 4.31. The molecule has 0 spiro atoms. The molecule has 0 bridgehead atoms. The fourth-order valence-electron chi connectivity index (χ4n) is 15.0. The lowest BCUT2D eigenvalue weighted by atomic mass is 9.32. The highest BCUT2D eigenvalue weighted by molar-refractivity contribution is 5.95. The lowest BCUT2D eigenvalue weighted by Crippen LogP contribution is -2.65. The highest BCUT2D eigenvalue weighted by atomic mass is 16.5. The van der Waals surface area contributed by atoms with Crippen molar-refractivity contribution in [3.63, 3.8) is 0 Å². The van der Waals surface area contributed by atoms with Crippen LogP contribution >= 0.6 is 0 Å². The predicted octanol–water partition coefficient (Wildman–Crippen LogP) is 11.6. The van der Waals surface area contributed by atoms with E-state index >= 15 is 0 Å². The van der Waals surface area contributed by atoms with Crippen molar-refractivity contribution in [1.82, 2.24) is 4.90 Å². The highest BCUT2D eigenvalue weighted by Crippen LogP contribution is 2.78. The van der Waals surface area contributed by atoms with Gasteiger partial charge in [0.15, 0.2) is 6.23 Å². The molecule has 7 nitrogen and oxygen atoms in total. The normalized spacial score (nSPS) is 36.9. The number of aliphatic hydroxyl groups is 2. The van der Waals surface area contributed by atoms with Crippen LogP contribution in [0.15, 0.2) is 39.4 Å². The standard InChI is InChI=1S/C53H86N2O5/c1-33(2)45-34(3)31-53(39(17-15-16-30-55(13)14)35(4)47(59)54-37-18-20-38(57)21-19-37)29-28-51(11)40(46(45)53)22-23-42-50(10)26-25-43(60-44(58)32-48(6,7)36(5)56)49(8,9)41(50)24-27-52(42,51)12/h33,36,40-43,47,56,59H,3,15-32H2,1-2,4-14H3. The maximum atomic E-state index is 13.4. The first-order valence-corrected chi connectivity index (χ1v) is 24.3. The second kappa shape index (κ2) is 17.1. The Labute approximate surface area is 365 Å². The van der Waals surface area contributed by atoms with Gasteiger partial charge in [0.25, 0.3) is 0 Å². The molecule has 0 radical (unpaired) electrons. The number of fused-ring (bicyclic) bond motifs is 7. The van der Waals surface area contributed by atoms with Gasteiger partial charge in [-0.15, -0.1) is 0 Å². The minimum atomic E-state index is -0.886. The second-order valence-electron chi connectivity index (χ2n) is 23.7. The molecule has 0 saturated heterocycles. The Morgan fingerprint density at radius 3 is 2.18 bits per heavy atom.